The van der Waals surface area contributed by atoms with Crippen molar-refractivity contribution < 1.29 is 9.59 Å². The minimum atomic E-state index is -0.462. The lowest BCUT2D eigenvalue weighted by atomic mass is 9.90. The van der Waals surface area contributed by atoms with Gasteiger partial charge in [-0.25, -0.2) is 0 Å². The van der Waals surface area contributed by atoms with E-state index < -0.39 is 5.54 Å². The van der Waals surface area contributed by atoms with E-state index in [-0.39, 0.29) is 11.8 Å². The van der Waals surface area contributed by atoms with Crippen LogP contribution in [0, 0.1) is 0 Å². The van der Waals surface area contributed by atoms with Crippen molar-refractivity contribution in [2.45, 2.75) is 52.0 Å². The second-order valence-corrected chi connectivity index (χ2v) is 5.29. The molecule has 5 nitrogen and oxygen atoms in total. The van der Waals surface area contributed by atoms with Crippen molar-refractivity contribution in [3.63, 3.8) is 0 Å². The molecule has 2 N–H and O–H groups in total. The number of hydrogen-bond donors (Lipinski definition) is 2. The Balaban J connectivity index is 2.32. The monoisotopic (exact) mass is 269 g/mol. The quantitative estimate of drug-likeness (QED) is 0.753. The zero-order valence-corrected chi connectivity index (χ0v) is 12.4. The van der Waals surface area contributed by atoms with Crippen LogP contribution in [0.2, 0.25) is 0 Å². The first-order chi connectivity index (χ1) is 9.03. The van der Waals surface area contributed by atoms with Crippen molar-refractivity contribution in [1.82, 2.24) is 15.5 Å². The molecule has 1 fully saturated rings. The molecule has 1 rings (SSSR count). The minimum absolute atomic E-state index is 0.0135. The molecule has 1 aliphatic heterocycles. The molecule has 0 radical (unpaired) electrons. The van der Waals surface area contributed by atoms with Crippen molar-refractivity contribution in [2.75, 3.05) is 26.2 Å². The van der Waals surface area contributed by atoms with Gasteiger partial charge in [0.05, 0.1) is 5.54 Å². The summed E-state index contributed by atoms with van der Waals surface area (Å²) in [6.45, 7) is 8.63. The molecular formula is C14H27N3O2. The summed E-state index contributed by atoms with van der Waals surface area (Å²) in [7, 11) is 0. The van der Waals surface area contributed by atoms with Crippen molar-refractivity contribution >= 4 is 11.8 Å². The number of carbonyl (C=O) groups is 2. The highest BCUT2D eigenvalue weighted by atomic mass is 16.2. The van der Waals surface area contributed by atoms with Gasteiger partial charge in [0.2, 0.25) is 11.8 Å². The lowest BCUT2D eigenvalue weighted by molar-refractivity contribution is -0.131. The van der Waals surface area contributed by atoms with E-state index in [0.29, 0.717) is 13.0 Å². The van der Waals surface area contributed by atoms with Crippen LogP contribution in [0.25, 0.3) is 0 Å². The lowest BCUT2D eigenvalue weighted by Crippen LogP contribution is -2.57. The number of rotatable bonds is 6. The highest BCUT2D eigenvalue weighted by Crippen LogP contribution is 2.18. The van der Waals surface area contributed by atoms with Crippen LogP contribution in [-0.4, -0.2) is 48.4 Å². The number of nitrogens with zero attached hydrogens (tertiary/aromatic N) is 1. The summed E-state index contributed by atoms with van der Waals surface area (Å²) >= 11 is 0. The van der Waals surface area contributed by atoms with Gasteiger partial charge in [-0.05, 0) is 46.6 Å². The highest BCUT2D eigenvalue weighted by Gasteiger charge is 2.33. The van der Waals surface area contributed by atoms with Crippen LogP contribution in [0.15, 0.2) is 0 Å². The smallest absolute Gasteiger partial charge is 0.240 e. The van der Waals surface area contributed by atoms with Gasteiger partial charge >= 0.3 is 0 Å². The second-order valence-electron chi connectivity index (χ2n) is 5.29. The molecule has 0 aromatic carbocycles. The van der Waals surface area contributed by atoms with Crippen LogP contribution in [0.5, 0.6) is 0 Å². The van der Waals surface area contributed by atoms with E-state index in [2.05, 4.69) is 10.6 Å². The fourth-order valence-electron chi connectivity index (χ4n) is 2.46. The Labute approximate surface area is 116 Å². The maximum Gasteiger partial charge on any atom is 0.240 e. The predicted octanol–water partition coefficient (Wildman–Crippen LogP) is 0.893. The van der Waals surface area contributed by atoms with Gasteiger partial charge in [0.15, 0.2) is 0 Å². The van der Waals surface area contributed by atoms with Crippen LogP contribution in [0.4, 0.5) is 0 Å². The molecule has 0 aliphatic carbocycles. The van der Waals surface area contributed by atoms with Crippen LogP contribution < -0.4 is 10.6 Å². The normalized spacial score (nSPS) is 22.9. The lowest BCUT2D eigenvalue weighted by Gasteiger charge is -2.33. The third-order valence-corrected chi connectivity index (χ3v) is 3.86. The van der Waals surface area contributed by atoms with E-state index in [1.165, 1.54) is 0 Å². The molecule has 2 amide bonds. The highest BCUT2D eigenvalue weighted by molar-refractivity contribution is 5.86. The van der Waals surface area contributed by atoms with E-state index in [0.717, 1.165) is 38.9 Å². The van der Waals surface area contributed by atoms with Crippen LogP contribution in [-0.2, 0) is 9.59 Å². The zero-order chi connectivity index (χ0) is 14.3. The first-order valence-corrected chi connectivity index (χ1v) is 7.34. The molecule has 0 aromatic heterocycles. The van der Waals surface area contributed by atoms with Crippen molar-refractivity contribution in [3.8, 4) is 0 Å². The van der Waals surface area contributed by atoms with E-state index in [1.807, 2.05) is 20.8 Å². The average Bonchev–Trinajstić information content (AvgIpc) is 2.41. The molecule has 1 saturated heterocycles. The van der Waals surface area contributed by atoms with Crippen molar-refractivity contribution in [2.24, 2.45) is 0 Å². The third kappa shape index (κ3) is 4.49. The van der Waals surface area contributed by atoms with E-state index in [9.17, 15) is 9.59 Å². The Bertz CT molecular complexity index is 308. The molecule has 110 valence electrons. The number of piperidine rings is 1. The Morgan fingerprint density at radius 3 is 2.47 bits per heavy atom. The molecule has 0 aromatic rings. The maximum absolute atomic E-state index is 12.1. The number of hydrogen-bond acceptors (Lipinski definition) is 3. The molecule has 1 unspecified atom stereocenters. The van der Waals surface area contributed by atoms with E-state index >= 15 is 0 Å². The molecule has 0 saturated carbocycles. The molecule has 1 aliphatic rings. The molecule has 5 heteroatoms. The van der Waals surface area contributed by atoms with Gasteiger partial charge in [-0.2, -0.15) is 0 Å². The van der Waals surface area contributed by atoms with Crippen LogP contribution in [0.3, 0.4) is 0 Å². The third-order valence-electron chi connectivity index (χ3n) is 3.86. The fourth-order valence-corrected chi connectivity index (χ4v) is 2.46. The van der Waals surface area contributed by atoms with Gasteiger partial charge in [0, 0.05) is 26.1 Å². The Morgan fingerprint density at radius 2 is 1.95 bits per heavy atom. The topological polar surface area (TPSA) is 61.4 Å². The van der Waals surface area contributed by atoms with Gasteiger partial charge in [0.25, 0.3) is 0 Å². The summed E-state index contributed by atoms with van der Waals surface area (Å²) in [5, 5.41) is 6.15. The van der Waals surface area contributed by atoms with Crippen molar-refractivity contribution in [3.05, 3.63) is 0 Å². The first-order valence-electron chi connectivity index (χ1n) is 7.34. The van der Waals surface area contributed by atoms with Gasteiger partial charge in [0.1, 0.15) is 0 Å². The summed E-state index contributed by atoms with van der Waals surface area (Å²) in [6.07, 6.45) is 3.45. The molecule has 0 spiro atoms. The second kappa shape index (κ2) is 7.48. The molecular weight excluding hydrogens is 242 g/mol. The van der Waals surface area contributed by atoms with Gasteiger partial charge in [-0.1, -0.05) is 0 Å². The zero-order valence-electron chi connectivity index (χ0n) is 12.4. The summed E-state index contributed by atoms with van der Waals surface area (Å²) in [5.41, 5.74) is -0.462. The molecule has 1 heterocycles. The Hall–Kier alpha value is -1.10. The first kappa shape index (κ1) is 16.0. The van der Waals surface area contributed by atoms with Crippen LogP contribution in [0.1, 0.15) is 46.5 Å². The standard InChI is InChI=1S/C14H27N3O2/c1-4-17(5-2)12(18)8-11-15-13(19)14(3)9-6-7-10-16-14/h16H,4-11H2,1-3H3,(H,15,19). The van der Waals surface area contributed by atoms with E-state index in [1.54, 1.807) is 4.90 Å². The van der Waals surface area contributed by atoms with Gasteiger partial charge in [-0.15, -0.1) is 0 Å². The average molecular weight is 269 g/mol. The maximum atomic E-state index is 12.1. The number of carbonyl (C=O) groups excluding carboxylic acids is 2. The summed E-state index contributed by atoms with van der Waals surface area (Å²) in [6, 6.07) is 0. The Morgan fingerprint density at radius 1 is 1.26 bits per heavy atom. The van der Waals surface area contributed by atoms with Crippen LogP contribution >= 0.6 is 0 Å². The SMILES string of the molecule is CCN(CC)C(=O)CCNC(=O)C1(C)CCCCN1. The number of nitrogens with one attached hydrogen (secondary N) is 2. The molecule has 1 atom stereocenters. The fraction of sp³-hybridized carbons (Fsp3) is 0.857. The number of amides is 2. The predicted molar refractivity (Wildman–Crippen MR) is 75.8 cm³/mol. The molecule has 19 heavy (non-hydrogen) atoms. The van der Waals surface area contributed by atoms with E-state index in [4.69, 9.17) is 0 Å². The Kier molecular flexibility index (Phi) is 6.28. The summed E-state index contributed by atoms with van der Waals surface area (Å²) in [4.78, 5) is 25.7. The summed E-state index contributed by atoms with van der Waals surface area (Å²) < 4.78 is 0. The van der Waals surface area contributed by atoms with Gasteiger partial charge in [-0.3, -0.25) is 9.59 Å². The van der Waals surface area contributed by atoms with Crippen molar-refractivity contribution in [1.29, 1.82) is 0 Å². The van der Waals surface area contributed by atoms with Gasteiger partial charge < -0.3 is 15.5 Å². The molecule has 0 bridgehead atoms. The minimum Gasteiger partial charge on any atom is -0.354 e. The largest absolute Gasteiger partial charge is 0.354 e. The summed E-state index contributed by atoms with van der Waals surface area (Å²) in [5.74, 6) is 0.117.